The molecule has 0 unspecified atom stereocenters. The lowest BCUT2D eigenvalue weighted by molar-refractivity contribution is -0.113. The molecule has 31 heavy (non-hydrogen) atoms. The molecule has 0 radical (unpaired) electrons. The van der Waals surface area contributed by atoms with Crippen LogP contribution in [0.3, 0.4) is 0 Å². The smallest absolute Gasteiger partial charge is 0.266 e. The van der Waals surface area contributed by atoms with E-state index in [9.17, 15) is 18.4 Å². The van der Waals surface area contributed by atoms with Crippen LogP contribution >= 0.6 is 11.8 Å². The van der Waals surface area contributed by atoms with Crippen LogP contribution in [0.25, 0.3) is 16.6 Å². The minimum absolute atomic E-state index is 0.0738. The number of fused-ring (bicyclic) bond motifs is 1. The number of nitrogens with one attached hydrogen (secondary N) is 1. The summed E-state index contributed by atoms with van der Waals surface area (Å²) in [5.74, 6) is -1.37. The molecule has 0 fully saturated rings. The first-order chi connectivity index (χ1) is 14.9. The first-order valence-corrected chi connectivity index (χ1v) is 10.4. The fourth-order valence-electron chi connectivity index (χ4n) is 3.05. The van der Waals surface area contributed by atoms with E-state index < -0.39 is 11.6 Å². The van der Waals surface area contributed by atoms with Crippen LogP contribution in [0, 0.1) is 18.6 Å². The number of amides is 1. The molecule has 0 aliphatic heterocycles. The molecule has 5 nitrogen and oxygen atoms in total. The summed E-state index contributed by atoms with van der Waals surface area (Å²) in [4.78, 5) is 30.0. The highest BCUT2D eigenvalue weighted by molar-refractivity contribution is 7.99. The van der Waals surface area contributed by atoms with Crippen LogP contribution < -0.4 is 10.9 Å². The third-order valence-corrected chi connectivity index (χ3v) is 5.54. The van der Waals surface area contributed by atoms with Gasteiger partial charge in [-0.3, -0.25) is 14.2 Å². The Labute approximate surface area is 180 Å². The second-order valence-corrected chi connectivity index (χ2v) is 7.78. The summed E-state index contributed by atoms with van der Waals surface area (Å²) < 4.78 is 28.8. The SMILES string of the molecule is Cc1ccc(-n2c(SCC(=O)Nc3cccc(F)c3)nc3ccccc3c2=O)cc1F. The summed E-state index contributed by atoms with van der Waals surface area (Å²) in [6, 6.07) is 16.9. The monoisotopic (exact) mass is 437 g/mol. The standard InChI is InChI=1S/C23H17F2N3O2S/c1-14-9-10-17(12-19(14)25)28-22(30)18-7-2-3-8-20(18)27-23(28)31-13-21(29)26-16-6-4-5-15(24)11-16/h2-12H,13H2,1H3,(H,26,29). The quantitative estimate of drug-likeness (QED) is 0.363. The number of benzene rings is 3. The molecule has 0 bridgehead atoms. The maximum atomic E-state index is 14.2. The Bertz CT molecular complexity index is 1350. The Hall–Kier alpha value is -3.52. The molecule has 1 N–H and O–H groups in total. The van der Waals surface area contributed by atoms with Gasteiger partial charge in [-0.05, 0) is 55.0 Å². The first kappa shape index (κ1) is 20.7. The molecular weight excluding hydrogens is 420 g/mol. The van der Waals surface area contributed by atoms with Gasteiger partial charge in [0.15, 0.2) is 5.16 Å². The van der Waals surface area contributed by atoms with E-state index in [0.717, 1.165) is 11.8 Å². The Morgan fingerprint density at radius 1 is 1.06 bits per heavy atom. The van der Waals surface area contributed by atoms with E-state index in [0.29, 0.717) is 27.8 Å². The van der Waals surface area contributed by atoms with Gasteiger partial charge in [0.1, 0.15) is 11.6 Å². The number of para-hydroxylation sites is 1. The van der Waals surface area contributed by atoms with E-state index in [1.807, 2.05) is 0 Å². The molecule has 1 amide bonds. The summed E-state index contributed by atoms with van der Waals surface area (Å²) in [7, 11) is 0. The van der Waals surface area contributed by atoms with Gasteiger partial charge in [-0.15, -0.1) is 0 Å². The molecule has 0 spiro atoms. The van der Waals surface area contributed by atoms with Crippen LogP contribution in [0.15, 0.2) is 76.7 Å². The summed E-state index contributed by atoms with van der Waals surface area (Å²) in [5.41, 5.74) is 1.22. The molecule has 0 aliphatic carbocycles. The number of aryl methyl sites for hydroxylation is 1. The predicted molar refractivity (Wildman–Crippen MR) is 118 cm³/mol. The van der Waals surface area contributed by atoms with Crippen LogP contribution in [0.2, 0.25) is 0 Å². The minimum Gasteiger partial charge on any atom is -0.325 e. The average Bonchev–Trinajstić information content (AvgIpc) is 2.74. The highest BCUT2D eigenvalue weighted by atomic mass is 32.2. The molecule has 8 heteroatoms. The molecule has 0 saturated heterocycles. The molecule has 3 aromatic carbocycles. The van der Waals surface area contributed by atoms with Crippen molar-refractivity contribution in [2.45, 2.75) is 12.1 Å². The number of rotatable bonds is 5. The Kier molecular flexibility index (Phi) is 5.81. The van der Waals surface area contributed by atoms with Gasteiger partial charge in [0, 0.05) is 5.69 Å². The second kappa shape index (κ2) is 8.69. The lowest BCUT2D eigenvalue weighted by atomic mass is 10.2. The maximum absolute atomic E-state index is 14.2. The summed E-state index contributed by atoms with van der Waals surface area (Å²) >= 11 is 1.04. The normalized spacial score (nSPS) is 10.9. The zero-order valence-electron chi connectivity index (χ0n) is 16.4. The number of carbonyl (C=O) groups excluding carboxylic acids is 1. The van der Waals surface area contributed by atoms with Crippen LogP contribution in [0.4, 0.5) is 14.5 Å². The van der Waals surface area contributed by atoms with Crippen molar-refractivity contribution in [2.75, 3.05) is 11.1 Å². The third kappa shape index (κ3) is 4.49. The Morgan fingerprint density at radius 3 is 2.65 bits per heavy atom. The largest absolute Gasteiger partial charge is 0.325 e. The number of anilines is 1. The van der Waals surface area contributed by atoms with Crippen molar-refractivity contribution in [3.63, 3.8) is 0 Å². The van der Waals surface area contributed by atoms with E-state index in [2.05, 4.69) is 10.3 Å². The van der Waals surface area contributed by atoms with Crippen LogP contribution in [0.5, 0.6) is 0 Å². The highest BCUT2D eigenvalue weighted by Crippen LogP contribution is 2.23. The molecular formula is C23H17F2N3O2S. The number of thioether (sulfide) groups is 1. The van der Waals surface area contributed by atoms with E-state index in [-0.39, 0.29) is 22.4 Å². The van der Waals surface area contributed by atoms with Crippen LogP contribution in [-0.4, -0.2) is 21.2 Å². The van der Waals surface area contributed by atoms with Gasteiger partial charge in [0.05, 0.1) is 22.3 Å². The van der Waals surface area contributed by atoms with Crippen molar-refractivity contribution in [1.82, 2.24) is 9.55 Å². The maximum Gasteiger partial charge on any atom is 0.266 e. The van der Waals surface area contributed by atoms with Gasteiger partial charge < -0.3 is 5.32 Å². The van der Waals surface area contributed by atoms with E-state index in [1.54, 1.807) is 49.4 Å². The zero-order valence-corrected chi connectivity index (χ0v) is 17.2. The first-order valence-electron chi connectivity index (χ1n) is 9.39. The molecule has 156 valence electrons. The topological polar surface area (TPSA) is 64.0 Å². The van der Waals surface area contributed by atoms with Crippen molar-refractivity contribution in [3.05, 3.63) is 94.3 Å². The summed E-state index contributed by atoms with van der Waals surface area (Å²) in [5, 5.41) is 3.24. The number of hydrogen-bond donors (Lipinski definition) is 1. The molecule has 0 saturated carbocycles. The van der Waals surface area contributed by atoms with Crippen LogP contribution in [-0.2, 0) is 4.79 Å². The van der Waals surface area contributed by atoms with Gasteiger partial charge in [-0.2, -0.15) is 0 Å². The Balaban J connectivity index is 1.69. The van der Waals surface area contributed by atoms with Crippen molar-refractivity contribution in [2.24, 2.45) is 0 Å². The lowest BCUT2D eigenvalue weighted by Gasteiger charge is -2.14. The predicted octanol–water partition coefficient (Wildman–Crippen LogP) is 4.70. The summed E-state index contributed by atoms with van der Waals surface area (Å²) in [6.07, 6.45) is 0. The van der Waals surface area contributed by atoms with E-state index in [1.165, 1.54) is 28.8 Å². The molecule has 1 aromatic heterocycles. The van der Waals surface area contributed by atoms with Crippen molar-refractivity contribution < 1.29 is 13.6 Å². The second-order valence-electron chi connectivity index (χ2n) is 6.83. The van der Waals surface area contributed by atoms with E-state index in [4.69, 9.17) is 0 Å². The molecule has 4 rings (SSSR count). The fraction of sp³-hybridized carbons (Fsp3) is 0.0870. The number of carbonyl (C=O) groups is 1. The van der Waals surface area contributed by atoms with Gasteiger partial charge >= 0.3 is 0 Å². The zero-order chi connectivity index (χ0) is 22.0. The van der Waals surface area contributed by atoms with Gasteiger partial charge in [-0.25, -0.2) is 13.8 Å². The van der Waals surface area contributed by atoms with Gasteiger partial charge in [0.2, 0.25) is 5.91 Å². The van der Waals surface area contributed by atoms with Crippen LogP contribution in [0.1, 0.15) is 5.56 Å². The highest BCUT2D eigenvalue weighted by Gasteiger charge is 2.16. The molecule has 0 aliphatic rings. The van der Waals surface area contributed by atoms with Gasteiger partial charge in [0.25, 0.3) is 5.56 Å². The third-order valence-electron chi connectivity index (χ3n) is 4.60. The fourth-order valence-corrected chi connectivity index (χ4v) is 3.86. The van der Waals surface area contributed by atoms with Crippen molar-refractivity contribution in [1.29, 1.82) is 0 Å². The number of nitrogens with zero attached hydrogens (tertiary/aromatic N) is 2. The molecule has 1 heterocycles. The minimum atomic E-state index is -0.461. The Morgan fingerprint density at radius 2 is 1.87 bits per heavy atom. The van der Waals surface area contributed by atoms with Crippen molar-refractivity contribution >= 4 is 34.3 Å². The van der Waals surface area contributed by atoms with Gasteiger partial charge in [-0.1, -0.05) is 36.0 Å². The summed E-state index contributed by atoms with van der Waals surface area (Å²) in [6.45, 7) is 1.63. The van der Waals surface area contributed by atoms with E-state index >= 15 is 0 Å². The number of hydrogen-bond acceptors (Lipinski definition) is 4. The van der Waals surface area contributed by atoms with Crippen molar-refractivity contribution in [3.8, 4) is 5.69 Å². The molecule has 4 aromatic rings. The number of halogens is 2. The number of aromatic nitrogens is 2. The average molecular weight is 437 g/mol. The molecule has 0 atom stereocenters. The lowest BCUT2D eigenvalue weighted by Crippen LogP contribution is -2.23.